The van der Waals surface area contributed by atoms with E-state index < -0.39 is 0 Å². The Morgan fingerprint density at radius 1 is 1.32 bits per heavy atom. The standard InChI is InChI=1S/C21H31N5OS/c1-4-28-21(10-12-27-13-11-21)16-24-20(22-2)26(3)15-19-23-14-18(25-19)17-8-6-5-7-9-17/h5-9,14H,4,10-13,15-16H2,1-3H3,(H,22,24)(H,23,25). The van der Waals surface area contributed by atoms with Gasteiger partial charge in [0.2, 0.25) is 0 Å². The number of imidazole rings is 1. The molecule has 2 N–H and O–H groups in total. The number of thioether (sulfide) groups is 1. The highest BCUT2D eigenvalue weighted by Gasteiger charge is 2.33. The third kappa shape index (κ3) is 5.29. The van der Waals surface area contributed by atoms with E-state index in [1.54, 1.807) is 0 Å². The second kappa shape index (κ2) is 9.98. The van der Waals surface area contributed by atoms with Crippen molar-refractivity contribution in [3.63, 3.8) is 0 Å². The molecule has 152 valence electrons. The Labute approximate surface area is 172 Å². The summed E-state index contributed by atoms with van der Waals surface area (Å²) in [6.07, 6.45) is 4.05. The minimum absolute atomic E-state index is 0.231. The van der Waals surface area contributed by atoms with Crippen LogP contribution in [-0.4, -0.2) is 65.2 Å². The zero-order valence-corrected chi connectivity index (χ0v) is 17.9. The van der Waals surface area contributed by atoms with Crippen LogP contribution in [0, 0.1) is 0 Å². The first-order valence-electron chi connectivity index (χ1n) is 9.88. The SMILES string of the molecule is CCSC1(CNC(=NC)N(C)Cc2ncc(-c3ccccc3)[nH]2)CCOCC1. The predicted molar refractivity (Wildman–Crippen MR) is 118 cm³/mol. The van der Waals surface area contributed by atoms with Gasteiger partial charge < -0.3 is 19.9 Å². The lowest BCUT2D eigenvalue weighted by molar-refractivity contribution is 0.0780. The smallest absolute Gasteiger partial charge is 0.193 e. The first-order chi connectivity index (χ1) is 13.7. The Hall–Kier alpha value is -1.99. The van der Waals surface area contributed by atoms with Crippen LogP contribution in [0.5, 0.6) is 0 Å². The molecule has 0 bridgehead atoms. The number of aliphatic imine (C=N–C) groups is 1. The molecule has 0 aliphatic carbocycles. The molecule has 1 fully saturated rings. The van der Waals surface area contributed by atoms with Gasteiger partial charge in [0.05, 0.1) is 18.4 Å². The number of nitrogens with one attached hydrogen (secondary N) is 2. The highest BCUT2D eigenvalue weighted by atomic mass is 32.2. The fourth-order valence-corrected chi connectivity index (χ4v) is 4.80. The number of aromatic nitrogens is 2. The van der Waals surface area contributed by atoms with Crippen molar-refractivity contribution in [3.05, 3.63) is 42.4 Å². The molecule has 1 aromatic heterocycles. The Bertz CT molecular complexity index is 750. The monoisotopic (exact) mass is 401 g/mol. The number of guanidine groups is 1. The number of H-pyrrole nitrogens is 1. The fraction of sp³-hybridized carbons (Fsp3) is 0.524. The van der Waals surface area contributed by atoms with Crippen molar-refractivity contribution in [2.24, 2.45) is 4.99 Å². The fourth-order valence-electron chi connectivity index (χ4n) is 3.55. The van der Waals surface area contributed by atoms with Gasteiger partial charge in [-0.3, -0.25) is 4.99 Å². The van der Waals surface area contributed by atoms with Crippen LogP contribution in [-0.2, 0) is 11.3 Å². The molecule has 0 saturated carbocycles. The molecule has 1 saturated heterocycles. The van der Waals surface area contributed by atoms with Gasteiger partial charge in [-0.2, -0.15) is 11.8 Å². The second-order valence-corrected chi connectivity index (χ2v) is 8.83. The van der Waals surface area contributed by atoms with Crippen molar-refractivity contribution in [2.45, 2.75) is 31.1 Å². The lowest BCUT2D eigenvalue weighted by atomic mass is 9.99. The van der Waals surface area contributed by atoms with Crippen molar-refractivity contribution < 1.29 is 4.74 Å². The highest BCUT2D eigenvalue weighted by molar-refractivity contribution is 8.00. The van der Waals surface area contributed by atoms with Gasteiger partial charge in [-0.25, -0.2) is 4.98 Å². The average molecular weight is 402 g/mol. The molecule has 1 aromatic carbocycles. The summed E-state index contributed by atoms with van der Waals surface area (Å²) >= 11 is 2.03. The highest BCUT2D eigenvalue weighted by Crippen LogP contribution is 2.34. The molecule has 2 heterocycles. The average Bonchev–Trinajstić information content (AvgIpc) is 3.18. The van der Waals surface area contributed by atoms with Crippen LogP contribution in [0.2, 0.25) is 0 Å². The zero-order chi connectivity index (χ0) is 19.8. The lowest BCUT2D eigenvalue weighted by Crippen LogP contribution is -2.48. The van der Waals surface area contributed by atoms with Crippen LogP contribution in [0.1, 0.15) is 25.6 Å². The number of rotatable bonds is 7. The van der Waals surface area contributed by atoms with E-state index in [0.717, 1.165) is 61.4 Å². The van der Waals surface area contributed by atoms with Gasteiger partial charge in [0.15, 0.2) is 5.96 Å². The minimum atomic E-state index is 0.231. The van der Waals surface area contributed by atoms with Crippen LogP contribution >= 0.6 is 11.8 Å². The molecule has 0 unspecified atom stereocenters. The Balaban J connectivity index is 1.59. The number of benzene rings is 1. The van der Waals surface area contributed by atoms with E-state index in [2.05, 4.69) is 44.2 Å². The van der Waals surface area contributed by atoms with E-state index in [1.807, 2.05) is 50.3 Å². The van der Waals surface area contributed by atoms with Crippen molar-refractivity contribution in [3.8, 4) is 11.3 Å². The van der Waals surface area contributed by atoms with Crippen molar-refractivity contribution >= 4 is 17.7 Å². The summed E-state index contributed by atoms with van der Waals surface area (Å²) < 4.78 is 5.81. The molecule has 1 aliphatic heterocycles. The van der Waals surface area contributed by atoms with E-state index in [4.69, 9.17) is 4.74 Å². The van der Waals surface area contributed by atoms with E-state index in [-0.39, 0.29) is 4.75 Å². The quantitative estimate of drug-likeness (QED) is 0.550. The molecule has 0 spiro atoms. The first-order valence-corrected chi connectivity index (χ1v) is 10.9. The minimum Gasteiger partial charge on any atom is -0.381 e. The summed E-state index contributed by atoms with van der Waals surface area (Å²) in [6, 6.07) is 10.3. The van der Waals surface area contributed by atoms with Gasteiger partial charge in [-0.1, -0.05) is 37.3 Å². The number of hydrogen-bond donors (Lipinski definition) is 2. The van der Waals surface area contributed by atoms with Crippen LogP contribution in [0.15, 0.2) is 41.5 Å². The third-order valence-corrected chi connectivity index (χ3v) is 6.55. The maximum atomic E-state index is 5.58. The predicted octanol–water partition coefficient (Wildman–Crippen LogP) is 3.39. The van der Waals surface area contributed by atoms with Gasteiger partial charge in [-0.05, 0) is 24.2 Å². The number of ether oxygens (including phenoxy) is 1. The number of aromatic amines is 1. The summed E-state index contributed by atoms with van der Waals surface area (Å²) in [5.74, 6) is 2.93. The van der Waals surface area contributed by atoms with E-state index in [1.165, 1.54) is 0 Å². The topological polar surface area (TPSA) is 65.5 Å². The van der Waals surface area contributed by atoms with Crippen molar-refractivity contribution in [1.29, 1.82) is 0 Å². The van der Waals surface area contributed by atoms with Crippen LogP contribution in [0.3, 0.4) is 0 Å². The molecule has 2 aromatic rings. The maximum absolute atomic E-state index is 5.58. The Morgan fingerprint density at radius 3 is 2.75 bits per heavy atom. The summed E-state index contributed by atoms with van der Waals surface area (Å²) in [4.78, 5) is 14.5. The molecule has 0 atom stereocenters. The second-order valence-electron chi connectivity index (χ2n) is 7.09. The Morgan fingerprint density at radius 2 is 2.07 bits per heavy atom. The molecule has 7 heteroatoms. The van der Waals surface area contributed by atoms with Gasteiger partial charge in [0, 0.05) is 38.6 Å². The number of nitrogens with zero attached hydrogens (tertiary/aromatic N) is 3. The normalized spacial score (nSPS) is 16.8. The van der Waals surface area contributed by atoms with Crippen LogP contribution in [0.4, 0.5) is 0 Å². The summed E-state index contributed by atoms with van der Waals surface area (Å²) in [6.45, 7) is 5.49. The van der Waals surface area contributed by atoms with E-state index >= 15 is 0 Å². The molecule has 0 radical (unpaired) electrons. The molecular formula is C21H31N5OS. The van der Waals surface area contributed by atoms with E-state index in [0.29, 0.717) is 6.54 Å². The molecule has 3 rings (SSSR count). The first kappa shape index (κ1) is 20.7. The third-order valence-electron chi connectivity index (χ3n) is 5.10. The summed E-state index contributed by atoms with van der Waals surface area (Å²) in [7, 11) is 3.88. The molecule has 28 heavy (non-hydrogen) atoms. The van der Waals surface area contributed by atoms with Crippen LogP contribution < -0.4 is 5.32 Å². The van der Waals surface area contributed by atoms with Gasteiger partial charge >= 0.3 is 0 Å². The van der Waals surface area contributed by atoms with Crippen LogP contribution in [0.25, 0.3) is 11.3 Å². The molecule has 0 amide bonds. The van der Waals surface area contributed by atoms with Gasteiger partial charge in [0.1, 0.15) is 5.82 Å². The van der Waals surface area contributed by atoms with E-state index in [9.17, 15) is 0 Å². The zero-order valence-electron chi connectivity index (χ0n) is 17.1. The van der Waals surface area contributed by atoms with Crippen molar-refractivity contribution in [1.82, 2.24) is 20.2 Å². The Kier molecular flexibility index (Phi) is 7.39. The van der Waals surface area contributed by atoms with Gasteiger partial charge in [0.25, 0.3) is 0 Å². The maximum Gasteiger partial charge on any atom is 0.193 e. The number of hydrogen-bond acceptors (Lipinski definition) is 4. The summed E-state index contributed by atoms with van der Waals surface area (Å²) in [5, 5.41) is 3.58. The molecule has 6 nitrogen and oxygen atoms in total. The lowest BCUT2D eigenvalue weighted by Gasteiger charge is -2.37. The van der Waals surface area contributed by atoms with Crippen molar-refractivity contribution in [2.75, 3.05) is 39.6 Å². The van der Waals surface area contributed by atoms with Gasteiger partial charge in [-0.15, -0.1) is 0 Å². The largest absolute Gasteiger partial charge is 0.381 e. The molecular weight excluding hydrogens is 370 g/mol. The molecule has 1 aliphatic rings. The summed E-state index contributed by atoms with van der Waals surface area (Å²) in [5.41, 5.74) is 2.18.